The molecule has 3 aromatic rings. The lowest BCUT2D eigenvalue weighted by Crippen LogP contribution is -2.31. The van der Waals surface area contributed by atoms with E-state index in [0.717, 1.165) is 6.07 Å². The molecule has 12 heteroatoms. The van der Waals surface area contributed by atoms with Gasteiger partial charge in [0.05, 0.1) is 50.3 Å². The fourth-order valence-corrected chi connectivity index (χ4v) is 5.14. The lowest BCUT2D eigenvalue weighted by Gasteiger charge is -2.23. The summed E-state index contributed by atoms with van der Waals surface area (Å²) in [7, 11) is 2.56. The number of anilines is 2. The Morgan fingerprint density at radius 2 is 1.98 bits per heavy atom. The fourth-order valence-electron chi connectivity index (χ4n) is 5.14. The summed E-state index contributed by atoms with van der Waals surface area (Å²) in [6.07, 6.45) is 3.60. The van der Waals surface area contributed by atoms with Crippen LogP contribution in [-0.2, 0) is 9.53 Å². The average Bonchev–Trinajstić information content (AvgIpc) is 3.53. The number of halogens is 2. The number of rotatable bonds is 9. The summed E-state index contributed by atoms with van der Waals surface area (Å²) in [5.74, 6) is -1.75. The van der Waals surface area contributed by atoms with Crippen LogP contribution in [0.1, 0.15) is 19.8 Å². The van der Waals surface area contributed by atoms with E-state index in [1.807, 2.05) is 4.90 Å². The summed E-state index contributed by atoms with van der Waals surface area (Å²) in [5.41, 5.74) is -0.949. The number of ether oxygens (including phenoxy) is 3. The van der Waals surface area contributed by atoms with Crippen molar-refractivity contribution in [3.63, 3.8) is 0 Å². The van der Waals surface area contributed by atoms with Crippen LogP contribution in [0.25, 0.3) is 22.2 Å². The number of fused-ring (bicyclic) bond motifs is 1. The first kappa shape index (κ1) is 27.7. The molecule has 2 N–H and O–H groups in total. The van der Waals surface area contributed by atoms with Gasteiger partial charge in [0, 0.05) is 43.1 Å². The van der Waals surface area contributed by atoms with Crippen LogP contribution in [0.3, 0.4) is 0 Å². The van der Waals surface area contributed by atoms with Gasteiger partial charge in [-0.1, -0.05) is 6.58 Å². The smallest absolute Gasteiger partial charge is 0.223 e. The SMILES string of the molecule is C=CC(=O)C[C@H]1COC[C@H]1Nc1ncc2cc(-c3c(F)c(OC)cc(OC)c3F)nc(N3CCC(C)(O)C3)c2n1. The molecule has 2 aliphatic rings. The number of nitrogens with one attached hydrogen (secondary N) is 1. The Labute approximate surface area is 230 Å². The molecule has 0 amide bonds. The minimum Gasteiger partial charge on any atom is -0.494 e. The summed E-state index contributed by atoms with van der Waals surface area (Å²) in [6.45, 7) is 6.77. The zero-order chi connectivity index (χ0) is 28.6. The number of carbonyl (C=O) groups is 1. The maximum absolute atomic E-state index is 15.4. The van der Waals surface area contributed by atoms with E-state index >= 15 is 8.78 Å². The van der Waals surface area contributed by atoms with Crippen LogP contribution in [0.4, 0.5) is 20.5 Å². The van der Waals surface area contributed by atoms with Crippen LogP contribution in [0.15, 0.2) is 31.0 Å². The molecule has 2 aromatic heterocycles. The Bertz CT molecular complexity index is 1440. The standard InChI is InChI=1S/C28H31F2N5O5/c1-5-17(36)8-16-12-40-13-19(16)33-27-31-11-15-9-18(22-23(29)20(38-3)10-21(39-4)24(22)30)32-26(25(15)34-27)35-7-6-28(2,37)14-35/h5,9-11,16,19,37H,1,6-8,12-14H2,2-4H3,(H,31,33,34)/t16-,19+,28?/m0/s1. The molecule has 2 fully saturated rings. The molecule has 212 valence electrons. The van der Waals surface area contributed by atoms with E-state index in [1.165, 1.54) is 26.4 Å². The molecule has 1 aromatic carbocycles. The van der Waals surface area contributed by atoms with Gasteiger partial charge in [-0.3, -0.25) is 4.79 Å². The average molecular weight is 556 g/mol. The third-order valence-electron chi connectivity index (χ3n) is 7.33. The Morgan fingerprint density at radius 3 is 2.60 bits per heavy atom. The Kier molecular flexibility index (Phi) is 7.56. The van der Waals surface area contributed by atoms with Gasteiger partial charge in [0.2, 0.25) is 5.95 Å². The second kappa shape index (κ2) is 10.9. The molecule has 40 heavy (non-hydrogen) atoms. The van der Waals surface area contributed by atoms with Crippen molar-refractivity contribution in [3.8, 4) is 22.8 Å². The van der Waals surface area contributed by atoms with Crippen LogP contribution in [0, 0.1) is 17.6 Å². The highest BCUT2D eigenvalue weighted by Gasteiger charge is 2.35. The zero-order valence-electron chi connectivity index (χ0n) is 22.5. The number of hydrogen-bond acceptors (Lipinski definition) is 10. The molecule has 2 aliphatic heterocycles. The van der Waals surface area contributed by atoms with Crippen LogP contribution in [-0.4, -0.2) is 78.0 Å². The van der Waals surface area contributed by atoms with E-state index in [-0.39, 0.29) is 47.9 Å². The molecule has 2 saturated heterocycles. The third-order valence-corrected chi connectivity index (χ3v) is 7.33. The van der Waals surface area contributed by atoms with Crippen molar-refractivity contribution in [2.75, 3.05) is 50.7 Å². The first-order valence-corrected chi connectivity index (χ1v) is 12.9. The van der Waals surface area contributed by atoms with Crippen molar-refractivity contribution in [1.29, 1.82) is 0 Å². The van der Waals surface area contributed by atoms with Crippen LogP contribution in [0.2, 0.25) is 0 Å². The number of pyridine rings is 1. The number of aromatic nitrogens is 3. The van der Waals surface area contributed by atoms with Gasteiger partial charge in [0.25, 0.3) is 0 Å². The lowest BCUT2D eigenvalue weighted by atomic mass is 9.97. The van der Waals surface area contributed by atoms with Gasteiger partial charge >= 0.3 is 0 Å². The number of nitrogens with zero attached hydrogens (tertiary/aromatic N) is 4. The normalized spacial score (nSPS) is 22.5. The van der Waals surface area contributed by atoms with Gasteiger partial charge in [-0.05, 0) is 25.5 Å². The maximum Gasteiger partial charge on any atom is 0.223 e. The van der Waals surface area contributed by atoms with Gasteiger partial charge in [0.1, 0.15) is 5.52 Å². The third kappa shape index (κ3) is 5.28. The molecular weight excluding hydrogens is 524 g/mol. The number of ketones is 1. The van der Waals surface area contributed by atoms with E-state index in [1.54, 1.807) is 13.1 Å². The zero-order valence-corrected chi connectivity index (χ0v) is 22.5. The number of β-amino-alcohol motifs (C(OH)–C–C–N with tert-alkyl or cyclic N) is 1. The van der Waals surface area contributed by atoms with Gasteiger partial charge in [-0.15, -0.1) is 0 Å². The molecule has 10 nitrogen and oxygen atoms in total. The van der Waals surface area contributed by atoms with Crippen molar-refractivity contribution >= 4 is 28.5 Å². The molecule has 0 spiro atoms. The molecule has 0 aliphatic carbocycles. The van der Waals surface area contributed by atoms with Gasteiger partial charge < -0.3 is 29.5 Å². The topological polar surface area (TPSA) is 119 Å². The molecule has 5 rings (SSSR count). The van der Waals surface area contributed by atoms with Gasteiger partial charge in [-0.2, -0.15) is 0 Å². The van der Waals surface area contributed by atoms with Crippen molar-refractivity contribution in [2.24, 2.45) is 5.92 Å². The highest BCUT2D eigenvalue weighted by Crippen LogP contribution is 2.40. The molecule has 4 heterocycles. The van der Waals surface area contributed by atoms with Crippen LogP contribution >= 0.6 is 0 Å². The predicted molar refractivity (Wildman–Crippen MR) is 145 cm³/mol. The predicted octanol–water partition coefficient (Wildman–Crippen LogP) is 3.52. The van der Waals surface area contributed by atoms with E-state index in [2.05, 4.69) is 21.9 Å². The molecule has 0 radical (unpaired) electrons. The van der Waals surface area contributed by atoms with Crippen molar-refractivity contribution in [2.45, 2.75) is 31.4 Å². The molecule has 0 bridgehead atoms. The summed E-state index contributed by atoms with van der Waals surface area (Å²) < 4.78 is 46.6. The molecular formula is C28H31F2N5O5. The Morgan fingerprint density at radius 1 is 1.25 bits per heavy atom. The summed E-state index contributed by atoms with van der Waals surface area (Å²) in [6, 6.07) is 2.44. The number of aliphatic hydroxyl groups is 1. The molecule has 3 atom stereocenters. The monoisotopic (exact) mass is 555 g/mol. The number of carbonyl (C=O) groups excluding carboxylic acids is 1. The minimum absolute atomic E-state index is 0.00209. The van der Waals surface area contributed by atoms with E-state index in [9.17, 15) is 9.90 Å². The summed E-state index contributed by atoms with van der Waals surface area (Å²) in [5, 5.41) is 14.4. The van der Waals surface area contributed by atoms with Gasteiger partial charge in [-0.25, -0.2) is 23.7 Å². The number of methoxy groups -OCH3 is 2. The first-order valence-electron chi connectivity index (χ1n) is 12.9. The number of allylic oxidation sites excluding steroid dienone is 1. The Balaban J connectivity index is 1.60. The van der Waals surface area contributed by atoms with Crippen molar-refractivity contribution in [3.05, 3.63) is 42.6 Å². The fraction of sp³-hybridized carbons (Fsp3) is 0.429. The van der Waals surface area contributed by atoms with E-state index < -0.39 is 22.8 Å². The first-order chi connectivity index (χ1) is 19.1. The lowest BCUT2D eigenvalue weighted by molar-refractivity contribution is -0.115. The number of hydrogen-bond donors (Lipinski definition) is 2. The highest BCUT2D eigenvalue weighted by atomic mass is 19.1. The van der Waals surface area contributed by atoms with Gasteiger partial charge in [0.15, 0.2) is 34.7 Å². The van der Waals surface area contributed by atoms with E-state index in [4.69, 9.17) is 19.2 Å². The number of benzene rings is 1. The molecule has 1 unspecified atom stereocenters. The summed E-state index contributed by atoms with van der Waals surface area (Å²) in [4.78, 5) is 27.6. The largest absolute Gasteiger partial charge is 0.494 e. The van der Waals surface area contributed by atoms with Crippen molar-refractivity contribution in [1.82, 2.24) is 15.0 Å². The highest BCUT2D eigenvalue weighted by molar-refractivity contribution is 5.92. The van der Waals surface area contributed by atoms with Crippen LogP contribution < -0.4 is 19.7 Å². The second-order valence-corrected chi connectivity index (χ2v) is 10.3. The second-order valence-electron chi connectivity index (χ2n) is 10.3. The minimum atomic E-state index is -0.972. The summed E-state index contributed by atoms with van der Waals surface area (Å²) >= 11 is 0. The molecule has 0 saturated carbocycles. The van der Waals surface area contributed by atoms with Crippen LogP contribution in [0.5, 0.6) is 11.5 Å². The van der Waals surface area contributed by atoms with Crippen molar-refractivity contribution < 1.29 is 32.9 Å². The van der Waals surface area contributed by atoms with E-state index in [0.29, 0.717) is 48.8 Å². The maximum atomic E-state index is 15.4. The Hall–Kier alpha value is -3.90. The quantitative estimate of drug-likeness (QED) is 0.380.